The van der Waals surface area contributed by atoms with Crippen LogP contribution in [0, 0.1) is 12.7 Å². The Bertz CT molecular complexity index is 841. The van der Waals surface area contributed by atoms with E-state index in [2.05, 4.69) is 15.5 Å². The summed E-state index contributed by atoms with van der Waals surface area (Å²) in [5, 5.41) is 10.6. The number of amides is 1. The van der Waals surface area contributed by atoms with Crippen LogP contribution in [0.4, 0.5) is 4.39 Å². The van der Waals surface area contributed by atoms with Crippen molar-refractivity contribution in [2.45, 2.75) is 26.3 Å². The second-order valence-electron chi connectivity index (χ2n) is 5.30. The van der Waals surface area contributed by atoms with Gasteiger partial charge in [0.15, 0.2) is 0 Å². The number of nitrogens with zero attached hydrogens (tertiary/aromatic N) is 2. The summed E-state index contributed by atoms with van der Waals surface area (Å²) in [5.41, 5.74) is 1.45. The third-order valence-electron chi connectivity index (χ3n) is 3.50. The van der Waals surface area contributed by atoms with Crippen molar-refractivity contribution < 1.29 is 18.0 Å². The molecule has 0 saturated carbocycles. The summed E-state index contributed by atoms with van der Waals surface area (Å²) in [6, 6.07) is 7.85. The number of hydrogen-bond donors (Lipinski definition) is 1. The number of furan rings is 1. The third kappa shape index (κ3) is 3.87. The zero-order chi connectivity index (χ0) is 16.9. The minimum absolute atomic E-state index is 0.168. The van der Waals surface area contributed by atoms with Crippen LogP contribution < -0.4 is 5.32 Å². The number of rotatable bonds is 6. The quantitative estimate of drug-likeness (QED) is 0.752. The van der Waals surface area contributed by atoms with Gasteiger partial charge in [-0.1, -0.05) is 12.1 Å². The molecule has 6 nitrogen and oxygen atoms in total. The molecule has 1 aromatic carbocycles. The predicted molar refractivity (Wildman–Crippen MR) is 83.3 cm³/mol. The van der Waals surface area contributed by atoms with Gasteiger partial charge >= 0.3 is 0 Å². The lowest BCUT2D eigenvalue weighted by Crippen LogP contribution is -2.23. The maximum Gasteiger partial charge on any atom is 0.251 e. The summed E-state index contributed by atoms with van der Waals surface area (Å²) in [4.78, 5) is 11.9. The maximum atomic E-state index is 13.1. The van der Waals surface area contributed by atoms with E-state index >= 15 is 0 Å². The van der Waals surface area contributed by atoms with Crippen LogP contribution >= 0.6 is 0 Å². The van der Waals surface area contributed by atoms with Gasteiger partial charge in [-0.3, -0.25) is 4.79 Å². The van der Waals surface area contributed by atoms with E-state index in [1.165, 1.54) is 12.1 Å². The van der Waals surface area contributed by atoms with Gasteiger partial charge in [0, 0.05) is 19.4 Å². The molecular formula is C17H16FN3O3. The van der Waals surface area contributed by atoms with E-state index in [0.717, 1.165) is 5.56 Å². The lowest BCUT2D eigenvalue weighted by molar-refractivity contribution is -0.121. The van der Waals surface area contributed by atoms with Gasteiger partial charge in [0.05, 0.1) is 11.8 Å². The van der Waals surface area contributed by atoms with E-state index < -0.39 is 0 Å². The third-order valence-corrected chi connectivity index (χ3v) is 3.50. The average molecular weight is 329 g/mol. The Hall–Kier alpha value is -2.96. The van der Waals surface area contributed by atoms with E-state index in [-0.39, 0.29) is 24.7 Å². The molecule has 0 atom stereocenters. The Morgan fingerprint density at radius 2 is 2.17 bits per heavy atom. The van der Waals surface area contributed by atoms with Gasteiger partial charge in [0.1, 0.15) is 11.6 Å². The van der Waals surface area contributed by atoms with E-state index in [1.807, 2.05) is 0 Å². The van der Waals surface area contributed by atoms with Gasteiger partial charge in [0.2, 0.25) is 11.8 Å². The molecule has 0 radical (unpaired) electrons. The van der Waals surface area contributed by atoms with Crippen molar-refractivity contribution in [2.24, 2.45) is 0 Å². The summed E-state index contributed by atoms with van der Waals surface area (Å²) in [7, 11) is 0. The number of aryl methyl sites for hydroxylation is 2. The minimum atomic E-state index is -0.324. The van der Waals surface area contributed by atoms with Gasteiger partial charge in [0.25, 0.3) is 5.89 Å². The number of nitrogens with one attached hydrogen (secondary N) is 1. The molecule has 3 aromatic rings. The predicted octanol–water partition coefficient (Wildman–Crippen LogP) is 3.03. The molecular weight excluding hydrogens is 313 g/mol. The van der Waals surface area contributed by atoms with Gasteiger partial charge in [-0.25, -0.2) is 4.39 Å². The zero-order valence-electron chi connectivity index (χ0n) is 13.1. The number of benzene rings is 1. The molecule has 2 aromatic heterocycles. The second-order valence-corrected chi connectivity index (χ2v) is 5.30. The van der Waals surface area contributed by atoms with Crippen molar-refractivity contribution in [1.29, 1.82) is 0 Å². The SMILES string of the molecule is Cc1occc1-c1nnc(CCC(=O)NCc2cccc(F)c2)o1. The molecule has 7 heteroatoms. The summed E-state index contributed by atoms with van der Waals surface area (Å²) in [5.74, 6) is 0.953. The minimum Gasteiger partial charge on any atom is -0.469 e. The van der Waals surface area contributed by atoms with E-state index in [0.29, 0.717) is 29.5 Å². The van der Waals surface area contributed by atoms with Crippen molar-refractivity contribution in [1.82, 2.24) is 15.5 Å². The standard InChI is InChI=1S/C17H16FN3O3/c1-11-14(7-8-23-11)17-21-20-16(24-17)6-5-15(22)19-10-12-3-2-4-13(18)9-12/h2-4,7-9H,5-6,10H2,1H3,(H,19,22). The number of aromatic nitrogens is 2. The molecule has 0 aliphatic heterocycles. The van der Waals surface area contributed by atoms with Crippen LogP contribution in [0.3, 0.4) is 0 Å². The molecule has 124 valence electrons. The number of hydrogen-bond acceptors (Lipinski definition) is 5. The largest absolute Gasteiger partial charge is 0.469 e. The molecule has 2 heterocycles. The fraction of sp³-hybridized carbons (Fsp3) is 0.235. The lowest BCUT2D eigenvalue weighted by atomic mass is 10.2. The molecule has 0 bridgehead atoms. The van der Waals surface area contributed by atoms with Crippen LogP contribution in [-0.4, -0.2) is 16.1 Å². The van der Waals surface area contributed by atoms with Gasteiger partial charge in [-0.15, -0.1) is 10.2 Å². The van der Waals surface area contributed by atoms with Crippen molar-refractivity contribution in [3.05, 3.63) is 59.6 Å². The first-order chi connectivity index (χ1) is 11.6. The molecule has 1 amide bonds. The lowest BCUT2D eigenvalue weighted by Gasteiger charge is -2.04. The highest BCUT2D eigenvalue weighted by molar-refractivity contribution is 5.76. The summed E-state index contributed by atoms with van der Waals surface area (Å²) >= 11 is 0. The highest BCUT2D eigenvalue weighted by Gasteiger charge is 2.13. The number of carbonyl (C=O) groups is 1. The number of carbonyl (C=O) groups excluding carboxylic acids is 1. The first kappa shape index (κ1) is 15.9. The first-order valence-corrected chi connectivity index (χ1v) is 7.50. The van der Waals surface area contributed by atoms with Crippen LogP contribution in [0.15, 0.2) is 45.4 Å². The first-order valence-electron chi connectivity index (χ1n) is 7.50. The van der Waals surface area contributed by atoms with Crippen molar-refractivity contribution in [2.75, 3.05) is 0 Å². The van der Waals surface area contributed by atoms with Gasteiger partial charge in [-0.2, -0.15) is 0 Å². The second kappa shape index (κ2) is 7.08. The van der Waals surface area contributed by atoms with Gasteiger partial charge < -0.3 is 14.2 Å². The van der Waals surface area contributed by atoms with Gasteiger partial charge in [-0.05, 0) is 30.7 Å². The normalized spacial score (nSPS) is 10.8. The monoisotopic (exact) mass is 329 g/mol. The molecule has 0 aliphatic rings. The summed E-state index contributed by atoms with van der Waals surface area (Å²) < 4.78 is 23.8. The zero-order valence-corrected chi connectivity index (χ0v) is 13.1. The Morgan fingerprint density at radius 1 is 1.29 bits per heavy atom. The molecule has 3 rings (SSSR count). The van der Waals surface area contributed by atoms with Crippen LogP contribution in [0.2, 0.25) is 0 Å². The molecule has 0 aliphatic carbocycles. The highest BCUT2D eigenvalue weighted by atomic mass is 19.1. The van der Waals surface area contributed by atoms with Crippen LogP contribution in [-0.2, 0) is 17.8 Å². The van der Waals surface area contributed by atoms with Crippen molar-refractivity contribution in [3.8, 4) is 11.5 Å². The van der Waals surface area contributed by atoms with E-state index in [9.17, 15) is 9.18 Å². The van der Waals surface area contributed by atoms with Crippen LogP contribution in [0.1, 0.15) is 23.6 Å². The Morgan fingerprint density at radius 3 is 2.92 bits per heavy atom. The Balaban J connectivity index is 1.50. The smallest absolute Gasteiger partial charge is 0.251 e. The van der Waals surface area contributed by atoms with Crippen molar-refractivity contribution >= 4 is 5.91 Å². The van der Waals surface area contributed by atoms with Crippen molar-refractivity contribution in [3.63, 3.8) is 0 Å². The topological polar surface area (TPSA) is 81.2 Å². The maximum absolute atomic E-state index is 13.1. The fourth-order valence-corrected chi connectivity index (χ4v) is 2.23. The van der Waals surface area contributed by atoms with Crippen LogP contribution in [0.5, 0.6) is 0 Å². The van der Waals surface area contributed by atoms with Crippen LogP contribution in [0.25, 0.3) is 11.5 Å². The Labute approximate surface area is 137 Å². The molecule has 1 N–H and O–H groups in total. The molecule has 0 unspecified atom stereocenters. The molecule has 0 fully saturated rings. The Kier molecular flexibility index (Phi) is 4.69. The molecule has 24 heavy (non-hydrogen) atoms. The van der Waals surface area contributed by atoms with E-state index in [4.69, 9.17) is 8.83 Å². The highest BCUT2D eigenvalue weighted by Crippen LogP contribution is 2.22. The molecule has 0 saturated heterocycles. The average Bonchev–Trinajstić information content (AvgIpc) is 3.19. The summed E-state index contributed by atoms with van der Waals surface area (Å²) in [6.45, 7) is 2.08. The molecule has 0 spiro atoms. The number of halogens is 1. The fourth-order valence-electron chi connectivity index (χ4n) is 2.23. The summed E-state index contributed by atoms with van der Waals surface area (Å²) in [6.07, 6.45) is 2.09. The van der Waals surface area contributed by atoms with E-state index in [1.54, 1.807) is 31.4 Å².